The highest BCUT2D eigenvalue weighted by molar-refractivity contribution is 5.49. The van der Waals surface area contributed by atoms with Crippen molar-refractivity contribution in [1.29, 1.82) is 0 Å². The highest BCUT2D eigenvalue weighted by Gasteiger charge is 2.20. The summed E-state index contributed by atoms with van der Waals surface area (Å²) in [6, 6.07) is 4.09. The zero-order valence-corrected chi connectivity index (χ0v) is 9.39. The summed E-state index contributed by atoms with van der Waals surface area (Å²) in [7, 11) is 0. The van der Waals surface area contributed by atoms with Crippen LogP contribution in [0.15, 0.2) is 24.5 Å². The Kier molecular flexibility index (Phi) is 2.40. The monoisotopic (exact) mass is 215 g/mol. The predicted molar refractivity (Wildman–Crippen MR) is 64.3 cm³/mol. The fraction of sp³-hybridized carbons (Fsp3) is 0.462. The molecule has 0 bridgehead atoms. The Morgan fingerprint density at radius 2 is 2.19 bits per heavy atom. The molecule has 3 rings (SSSR count). The molecule has 0 aliphatic heterocycles. The van der Waals surface area contributed by atoms with Crippen molar-refractivity contribution in [3.05, 3.63) is 35.8 Å². The summed E-state index contributed by atoms with van der Waals surface area (Å²) in [5, 5.41) is 0. The smallest absolute Gasteiger partial charge is 0.141 e. The average Bonchev–Trinajstić information content (AvgIpc) is 2.96. The van der Waals surface area contributed by atoms with Crippen LogP contribution < -0.4 is 5.73 Å². The van der Waals surface area contributed by atoms with Crippen molar-refractivity contribution in [2.45, 2.75) is 38.1 Å². The van der Waals surface area contributed by atoms with E-state index in [1.165, 1.54) is 31.4 Å². The maximum absolute atomic E-state index is 5.73. The van der Waals surface area contributed by atoms with Crippen molar-refractivity contribution in [3.63, 3.8) is 0 Å². The van der Waals surface area contributed by atoms with Crippen LogP contribution in [0.4, 0.5) is 0 Å². The molecule has 3 nitrogen and oxygen atoms in total. The molecule has 0 radical (unpaired) electrons. The lowest BCUT2D eigenvalue weighted by Gasteiger charge is -2.02. The summed E-state index contributed by atoms with van der Waals surface area (Å²) in [4.78, 5) is 4.75. The molecule has 16 heavy (non-hydrogen) atoms. The van der Waals surface area contributed by atoms with E-state index in [0.717, 1.165) is 11.2 Å². The number of nitrogens with zero attached hydrogens (tertiary/aromatic N) is 2. The molecule has 0 unspecified atom stereocenters. The van der Waals surface area contributed by atoms with Crippen LogP contribution in [-0.2, 0) is 6.54 Å². The fourth-order valence-corrected chi connectivity index (χ4v) is 2.67. The van der Waals surface area contributed by atoms with E-state index in [1.807, 2.05) is 6.07 Å². The second kappa shape index (κ2) is 3.91. The van der Waals surface area contributed by atoms with E-state index in [0.29, 0.717) is 12.5 Å². The molecular formula is C13H17N3. The zero-order valence-electron chi connectivity index (χ0n) is 9.39. The number of hydrogen-bond donors (Lipinski definition) is 1. The lowest BCUT2D eigenvalue weighted by Crippen LogP contribution is -1.99. The summed E-state index contributed by atoms with van der Waals surface area (Å²) in [5.41, 5.74) is 9.14. The minimum Gasteiger partial charge on any atom is -0.326 e. The Morgan fingerprint density at radius 1 is 1.38 bits per heavy atom. The van der Waals surface area contributed by atoms with Crippen LogP contribution >= 0.6 is 0 Å². The van der Waals surface area contributed by atoms with Gasteiger partial charge in [-0.2, -0.15) is 0 Å². The van der Waals surface area contributed by atoms with Crippen molar-refractivity contribution in [3.8, 4) is 0 Å². The largest absolute Gasteiger partial charge is 0.326 e. The lowest BCUT2D eigenvalue weighted by molar-refractivity contribution is 0.703. The summed E-state index contributed by atoms with van der Waals surface area (Å²) >= 11 is 0. The Labute approximate surface area is 95.3 Å². The summed E-state index contributed by atoms with van der Waals surface area (Å²) in [6.45, 7) is 0.561. The molecule has 1 fully saturated rings. The quantitative estimate of drug-likeness (QED) is 0.836. The van der Waals surface area contributed by atoms with Gasteiger partial charge in [-0.15, -0.1) is 0 Å². The topological polar surface area (TPSA) is 43.3 Å². The van der Waals surface area contributed by atoms with Gasteiger partial charge in [-0.05, 0) is 18.9 Å². The van der Waals surface area contributed by atoms with Crippen LogP contribution in [0.2, 0.25) is 0 Å². The van der Waals surface area contributed by atoms with Gasteiger partial charge in [0.25, 0.3) is 0 Å². The van der Waals surface area contributed by atoms with E-state index < -0.39 is 0 Å². The van der Waals surface area contributed by atoms with E-state index >= 15 is 0 Å². The summed E-state index contributed by atoms with van der Waals surface area (Å²) in [6.07, 6.45) is 9.51. The van der Waals surface area contributed by atoms with Crippen molar-refractivity contribution < 1.29 is 0 Å². The maximum atomic E-state index is 5.73. The molecule has 2 N–H and O–H groups in total. The van der Waals surface area contributed by atoms with Gasteiger partial charge in [0.1, 0.15) is 5.65 Å². The first-order chi connectivity index (χ1) is 7.88. The third-order valence-electron chi connectivity index (χ3n) is 3.58. The maximum Gasteiger partial charge on any atom is 0.141 e. The second-order valence-corrected chi connectivity index (χ2v) is 4.62. The van der Waals surface area contributed by atoms with Gasteiger partial charge in [-0.1, -0.05) is 18.9 Å². The number of pyridine rings is 1. The molecule has 3 heteroatoms. The molecule has 1 aliphatic carbocycles. The third-order valence-corrected chi connectivity index (χ3v) is 3.58. The molecule has 2 heterocycles. The van der Waals surface area contributed by atoms with Crippen molar-refractivity contribution in [2.75, 3.05) is 0 Å². The molecule has 1 saturated carbocycles. The van der Waals surface area contributed by atoms with Crippen LogP contribution in [0.3, 0.4) is 0 Å². The predicted octanol–water partition coefficient (Wildman–Crippen LogP) is 2.45. The minimum absolute atomic E-state index is 0.561. The molecule has 84 valence electrons. The van der Waals surface area contributed by atoms with Gasteiger partial charge >= 0.3 is 0 Å². The van der Waals surface area contributed by atoms with Gasteiger partial charge in [0, 0.05) is 30.4 Å². The van der Waals surface area contributed by atoms with E-state index in [9.17, 15) is 0 Å². The first kappa shape index (κ1) is 9.85. The number of rotatable bonds is 2. The van der Waals surface area contributed by atoms with Gasteiger partial charge in [-0.25, -0.2) is 4.98 Å². The Balaban J connectivity index is 2.07. The van der Waals surface area contributed by atoms with Crippen molar-refractivity contribution >= 4 is 5.65 Å². The number of fused-ring (bicyclic) bond motifs is 1. The van der Waals surface area contributed by atoms with Gasteiger partial charge < -0.3 is 10.1 Å². The zero-order chi connectivity index (χ0) is 11.0. The first-order valence-electron chi connectivity index (χ1n) is 6.05. The van der Waals surface area contributed by atoms with Crippen LogP contribution in [0.1, 0.15) is 42.9 Å². The molecule has 0 saturated heterocycles. The Bertz CT molecular complexity index is 495. The molecule has 1 aliphatic rings. The highest BCUT2D eigenvalue weighted by atomic mass is 15.0. The number of nitrogens with two attached hydrogens (primary N) is 1. The van der Waals surface area contributed by atoms with Gasteiger partial charge in [0.2, 0.25) is 0 Å². The van der Waals surface area contributed by atoms with Gasteiger partial charge in [0.05, 0.1) is 5.69 Å². The van der Waals surface area contributed by atoms with Gasteiger partial charge in [0.15, 0.2) is 0 Å². The number of imidazole rings is 1. The molecule has 0 atom stereocenters. The average molecular weight is 215 g/mol. The molecule has 0 spiro atoms. The van der Waals surface area contributed by atoms with Gasteiger partial charge in [-0.3, -0.25) is 0 Å². The Morgan fingerprint density at radius 3 is 2.94 bits per heavy atom. The fourth-order valence-electron chi connectivity index (χ4n) is 2.67. The lowest BCUT2D eigenvalue weighted by atomic mass is 10.1. The van der Waals surface area contributed by atoms with Crippen molar-refractivity contribution in [1.82, 2.24) is 9.38 Å². The normalized spacial score (nSPS) is 17.3. The van der Waals surface area contributed by atoms with E-state index in [4.69, 9.17) is 10.7 Å². The molecule has 0 aromatic carbocycles. The molecular weight excluding hydrogens is 198 g/mol. The van der Waals surface area contributed by atoms with Crippen LogP contribution in [-0.4, -0.2) is 9.38 Å². The molecule has 0 amide bonds. The summed E-state index contributed by atoms with van der Waals surface area (Å²) < 4.78 is 2.11. The van der Waals surface area contributed by atoms with Crippen molar-refractivity contribution in [2.24, 2.45) is 5.73 Å². The SMILES string of the molecule is NCc1cccn2cc(C3CCCC3)nc12. The van der Waals surface area contributed by atoms with Crippen LogP contribution in [0.5, 0.6) is 0 Å². The standard InChI is InChI=1S/C13H17N3/c14-8-11-6-3-7-16-9-12(15-13(11)16)10-4-1-2-5-10/h3,6-7,9-10H,1-2,4-5,8,14H2. The first-order valence-corrected chi connectivity index (χ1v) is 6.05. The second-order valence-electron chi connectivity index (χ2n) is 4.62. The van der Waals surface area contributed by atoms with Crippen LogP contribution in [0.25, 0.3) is 5.65 Å². The minimum atomic E-state index is 0.561. The van der Waals surface area contributed by atoms with E-state index in [-0.39, 0.29) is 0 Å². The molecule has 2 aromatic heterocycles. The highest BCUT2D eigenvalue weighted by Crippen LogP contribution is 2.33. The Hall–Kier alpha value is -1.35. The third kappa shape index (κ3) is 1.52. The number of aromatic nitrogens is 2. The van der Waals surface area contributed by atoms with E-state index in [1.54, 1.807) is 0 Å². The molecule has 2 aromatic rings. The van der Waals surface area contributed by atoms with Crippen LogP contribution in [0, 0.1) is 0 Å². The summed E-state index contributed by atoms with van der Waals surface area (Å²) in [5.74, 6) is 0.672. The van der Waals surface area contributed by atoms with E-state index in [2.05, 4.69) is 22.9 Å². The number of hydrogen-bond acceptors (Lipinski definition) is 2.